The van der Waals surface area contributed by atoms with Crippen LogP contribution in [0.5, 0.6) is 0 Å². The van der Waals surface area contributed by atoms with Crippen LogP contribution in [0.15, 0.2) is 12.2 Å². The standard InChI is InChI=1S/C39H63N2O4/c1-26(23-41-21-19-40(25-41)20-22-41)29-11-16-39(24-44-27(2)42)18-17-37(7)30(34(29)39)9-10-32-36(6)14-13-33(45-28(3)43)35(4,5)31(36)12-15-38(32,37)8/h29-34H,1,9-25H2,2-8H3/q+1/t29-,30?,31?,32?,33-,34?,36-,37+,38+,39+/m0/s1. The summed E-state index contributed by atoms with van der Waals surface area (Å²) >= 11 is 0. The topological polar surface area (TPSA) is 55.8 Å². The number of piperazine rings is 1. The lowest BCUT2D eigenvalue weighted by atomic mass is 9.32. The summed E-state index contributed by atoms with van der Waals surface area (Å²) in [6.45, 7) is 28.9. The summed E-state index contributed by atoms with van der Waals surface area (Å²) in [6, 6.07) is 0. The van der Waals surface area contributed by atoms with E-state index < -0.39 is 0 Å². The SMILES string of the molecule is C=C(C[N+]12CCN(CC1)C2)[C@@H]1CC[C@]2(COC(C)=O)CC[C@]3(C)C(CCC4[C@@]5(C)CC[C@H](OC(C)=O)C(C)(C)C5CC[C@]43C)C12. The Labute approximate surface area is 273 Å². The van der Waals surface area contributed by atoms with Crippen LogP contribution in [0.25, 0.3) is 0 Å². The zero-order valence-corrected chi connectivity index (χ0v) is 29.7. The van der Waals surface area contributed by atoms with Crippen LogP contribution in [0.2, 0.25) is 0 Å². The fourth-order valence-electron chi connectivity index (χ4n) is 14.5. The summed E-state index contributed by atoms with van der Waals surface area (Å²) in [6.07, 6.45) is 12.1. The van der Waals surface area contributed by atoms with Crippen molar-refractivity contribution in [2.45, 2.75) is 119 Å². The summed E-state index contributed by atoms with van der Waals surface area (Å²) in [7, 11) is 0. The van der Waals surface area contributed by atoms with Gasteiger partial charge in [0, 0.05) is 24.7 Å². The minimum atomic E-state index is -0.130. The van der Waals surface area contributed by atoms with Crippen molar-refractivity contribution < 1.29 is 23.5 Å². The van der Waals surface area contributed by atoms with Crippen LogP contribution < -0.4 is 0 Å². The van der Waals surface area contributed by atoms with Gasteiger partial charge in [0.25, 0.3) is 0 Å². The first-order valence-electron chi connectivity index (χ1n) is 18.7. The van der Waals surface area contributed by atoms with Gasteiger partial charge in [0.1, 0.15) is 19.3 Å². The van der Waals surface area contributed by atoms with E-state index >= 15 is 0 Å². The summed E-state index contributed by atoms with van der Waals surface area (Å²) < 4.78 is 13.2. The van der Waals surface area contributed by atoms with E-state index in [0.29, 0.717) is 36.2 Å². The Balaban J connectivity index is 1.20. The molecule has 7 rings (SSSR count). The number of fused-ring (bicyclic) bond motifs is 9. The van der Waals surface area contributed by atoms with Crippen molar-refractivity contribution in [2.24, 2.45) is 56.7 Å². The molecule has 5 saturated carbocycles. The average molecular weight is 624 g/mol. The number of esters is 2. The van der Waals surface area contributed by atoms with Crippen molar-refractivity contribution in [3.63, 3.8) is 0 Å². The predicted octanol–water partition coefficient (Wildman–Crippen LogP) is 7.22. The smallest absolute Gasteiger partial charge is 0.302 e. The number of carbonyl (C=O) groups excluding carboxylic acids is 2. The number of hydrogen-bond donors (Lipinski definition) is 0. The van der Waals surface area contributed by atoms with Crippen LogP contribution in [0.3, 0.4) is 0 Å². The first-order valence-corrected chi connectivity index (χ1v) is 18.7. The van der Waals surface area contributed by atoms with Crippen LogP contribution in [-0.4, -0.2) is 73.4 Å². The molecule has 5 aliphatic carbocycles. The molecule has 10 atom stereocenters. The number of quaternary nitrogens is 1. The van der Waals surface area contributed by atoms with Crippen molar-refractivity contribution in [1.29, 1.82) is 0 Å². The molecular formula is C39H63N2O4+. The molecule has 0 aromatic rings. The van der Waals surface area contributed by atoms with Gasteiger partial charge in [-0.05, 0) is 116 Å². The third-order valence-corrected chi connectivity index (χ3v) is 16.8. The van der Waals surface area contributed by atoms with E-state index in [4.69, 9.17) is 16.1 Å². The van der Waals surface area contributed by atoms with Gasteiger partial charge < -0.3 is 14.0 Å². The second-order valence-electron chi connectivity index (χ2n) is 18.8. The van der Waals surface area contributed by atoms with Gasteiger partial charge >= 0.3 is 11.9 Å². The fourth-order valence-corrected chi connectivity index (χ4v) is 14.5. The Kier molecular flexibility index (Phi) is 7.54. The van der Waals surface area contributed by atoms with Gasteiger partial charge in [0.2, 0.25) is 0 Å². The highest BCUT2D eigenvalue weighted by molar-refractivity contribution is 5.66. The third-order valence-electron chi connectivity index (χ3n) is 16.8. The molecule has 0 aromatic carbocycles. The summed E-state index contributed by atoms with van der Waals surface area (Å²) in [5.74, 6) is 2.74. The number of nitrogens with zero attached hydrogens (tertiary/aromatic N) is 2. The second kappa shape index (κ2) is 10.5. The van der Waals surface area contributed by atoms with Crippen molar-refractivity contribution >= 4 is 11.9 Å². The summed E-state index contributed by atoms with van der Waals surface area (Å²) in [5, 5.41) is 0. The summed E-state index contributed by atoms with van der Waals surface area (Å²) in [5.41, 5.74) is 2.40. The lowest BCUT2D eigenvalue weighted by molar-refractivity contribution is -0.904. The Bertz CT molecular complexity index is 1240. The lowest BCUT2D eigenvalue weighted by Gasteiger charge is -2.73. The first-order chi connectivity index (χ1) is 21.1. The Morgan fingerprint density at radius 3 is 2.20 bits per heavy atom. The molecule has 7 fully saturated rings. The molecule has 2 aliphatic heterocycles. The van der Waals surface area contributed by atoms with Gasteiger partial charge in [0.15, 0.2) is 0 Å². The zero-order valence-electron chi connectivity index (χ0n) is 29.7. The van der Waals surface area contributed by atoms with Gasteiger partial charge in [-0.15, -0.1) is 0 Å². The molecule has 0 amide bonds. The van der Waals surface area contributed by atoms with E-state index in [0.717, 1.165) is 19.4 Å². The molecule has 252 valence electrons. The van der Waals surface area contributed by atoms with Crippen LogP contribution >= 0.6 is 0 Å². The van der Waals surface area contributed by atoms with Gasteiger partial charge in [-0.25, -0.2) is 4.90 Å². The van der Waals surface area contributed by atoms with Crippen LogP contribution in [-0.2, 0) is 19.1 Å². The average Bonchev–Trinajstić information content (AvgIpc) is 3.67. The molecule has 2 heterocycles. The van der Waals surface area contributed by atoms with E-state index in [1.807, 2.05) is 0 Å². The van der Waals surface area contributed by atoms with Crippen LogP contribution in [0, 0.1) is 56.7 Å². The van der Waals surface area contributed by atoms with Crippen molar-refractivity contribution in [3.8, 4) is 0 Å². The summed E-state index contributed by atoms with van der Waals surface area (Å²) in [4.78, 5) is 26.9. The van der Waals surface area contributed by atoms with E-state index in [2.05, 4.69) is 39.5 Å². The second-order valence-corrected chi connectivity index (χ2v) is 18.8. The maximum Gasteiger partial charge on any atom is 0.302 e. The molecule has 6 nitrogen and oxygen atoms in total. The highest BCUT2D eigenvalue weighted by Gasteiger charge is 2.71. The normalized spacial score (nSPS) is 51.0. The lowest BCUT2D eigenvalue weighted by Crippen LogP contribution is -2.67. The van der Waals surface area contributed by atoms with Crippen molar-refractivity contribution in [2.75, 3.05) is 46.0 Å². The van der Waals surface area contributed by atoms with Gasteiger partial charge in [-0.1, -0.05) is 41.2 Å². The minimum absolute atomic E-state index is 0.00842. The number of hydrogen-bond acceptors (Lipinski definition) is 5. The van der Waals surface area contributed by atoms with Gasteiger partial charge in [-0.2, -0.15) is 0 Å². The highest BCUT2D eigenvalue weighted by atomic mass is 16.5. The Hall–Kier alpha value is -1.40. The monoisotopic (exact) mass is 623 g/mol. The third kappa shape index (κ3) is 4.60. The minimum Gasteiger partial charge on any atom is -0.465 e. The van der Waals surface area contributed by atoms with Crippen LogP contribution in [0.1, 0.15) is 113 Å². The molecule has 45 heavy (non-hydrogen) atoms. The predicted molar refractivity (Wildman–Crippen MR) is 177 cm³/mol. The maximum atomic E-state index is 12.2. The van der Waals surface area contributed by atoms with Crippen molar-refractivity contribution in [1.82, 2.24) is 4.90 Å². The number of carbonyl (C=O) groups is 2. The fraction of sp³-hybridized carbons (Fsp3) is 0.897. The quantitative estimate of drug-likeness (QED) is 0.178. The molecule has 0 N–H and O–H groups in total. The Morgan fingerprint density at radius 1 is 0.822 bits per heavy atom. The largest absolute Gasteiger partial charge is 0.465 e. The van der Waals surface area contributed by atoms with E-state index in [1.54, 1.807) is 13.8 Å². The molecule has 6 heteroatoms. The maximum absolute atomic E-state index is 12.2. The molecule has 2 saturated heterocycles. The van der Waals surface area contributed by atoms with E-state index in [-0.39, 0.29) is 45.1 Å². The zero-order chi connectivity index (χ0) is 32.2. The number of rotatable bonds is 6. The number of ether oxygens (including phenoxy) is 2. The first kappa shape index (κ1) is 32.2. The molecule has 2 bridgehead atoms. The van der Waals surface area contributed by atoms with Crippen molar-refractivity contribution in [3.05, 3.63) is 12.2 Å². The molecular weight excluding hydrogens is 560 g/mol. The van der Waals surface area contributed by atoms with Gasteiger partial charge in [0.05, 0.1) is 32.8 Å². The molecule has 4 unspecified atom stereocenters. The highest BCUT2D eigenvalue weighted by Crippen LogP contribution is 2.77. The van der Waals surface area contributed by atoms with E-state index in [1.165, 1.54) is 94.3 Å². The molecule has 0 radical (unpaired) electrons. The molecule has 0 spiro atoms. The van der Waals surface area contributed by atoms with Gasteiger partial charge in [-0.3, -0.25) is 9.59 Å². The molecule has 7 aliphatic rings. The van der Waals surface area contributed by atoms with E-state index in [9.17, 15) is 9.59 Å². The van der Waals surface area contributed by atoms with Crippen LogP contribution in [0.4, 0.5) is 0 Å². The Morgan fingerprint density at radius 2 is 1.56 bits per heavy atom. The molecule has 0 aromatic heterocycles.